The molecular formula is C11H12N4O4S. The molecule has 0 saturated heterocycles. The van der Waals surface area contributed by atoms with Gasteiger partial charge in [0.2, 0.25) is 10.0 Å². The van der Waals surface area contributed by atoms with E-state index in [0.29, 0.717) is 0 Å². The molecule has 0 bridgehead atoms. The second kappa shape index (κ2) is 4.94. The summed E-state index contributed by atoms with van der Waals surface area (Å²) in [7, 11) is -2.50. The van der Waals surface area contributed by atoms with Crippen LogP contribution in [0.1, 0.15) is 10.4 Å². The first-order valence-electron chi connectivity index (χ1n) is 5.44. The number of anilines is 1. The van der Waals surface area contributed by atoms with Crippen LogP contribution in [0.25, 0.3) is 0 Å². The molecule has 20 heavy (non-hydrogen) atoms. The average Bonchev–Trinajstić information content (AvgIpc) is 2.70. The molecule has 0 spiro atoms. The van der Waals surface area contributed by atoms with E-state index < -0.39 is 15.9 Å². The fourth-order valence-electron chi connectivity index (χ4n) is 1.59. The Morgan fingerprint density at radius 1 is 1.45 bits per heavy atom. The molecule has 106 valence electrons. The number of aromatic hydroxyl groups is 1. The molecule has 0 unspecified atom stereocenters. The van der Waals surface area contributed by atoms with Gasteiger partial charge < -0.3 is 10.4 Å². The maximum atomic E-state index is 11.9. The van der Waals surface area contributed by atoms with Crippen LogP contribution in [0.3, 0.4) is 0 Å². The molecule has 0 fully saturated rings. The van der Waals surface area contributed by atoms with Crippen LogP contribution in [0.2, 0.25) is 0 Å². The van der Waals surface area contributed by atoms with Crippen molar-refractivity contribution >= 4 is 21.7 Å². The molecular weight excluding hydrogens is 284 g/mol. The van der Waals surface area contributed by atoms with Gasteiger partial charge in [-0.1, -0.05) is 6.07 Å². The van der Waals surface area contributed by atoms with Crippen LogP contribution in [-0.2, 0) is 17.1 Å². The minimum Gasteiger partial charge on any atom is -0.508 e. The molecule has 1 aromatic heterocycles. The predicted molar refractivity (Wildman–Crippen MR) is 70.6 cm³/mol. The van der Waals surface area contributed by atoms with Crippen molar-refractivity contribution < 1.29 is 18.3 Å². The van der Waals surface area contributed by atoms with E-state index in [1.165, 1.54) is 42.2 Å². The largest absolute Gasteiger partial charge is 0.508 e. The van der Waals surface area contributed by atoms with E-state index in [1.807, 2.05) is 0 Å². The molecule has 9 heteroatoms. The third kappa shape index (κ3) is 2.95. The summed E-state index contributed by atoms with van der Waals surface area (Å²) < 4.78 is 24.0. The molecule has 0 atom stereocenters. The molecule has 0 saturated carbocycles. The Balaban J connectivity index is 2.34. The Morgan fingerprint density at radius 2 is 2.15 bits per heavy atom. The number of phenolic OH excluding ortho intramolecular Hbond substituents is 1. The minimum atomic E-state index is -4.00. The Morgan fingerprint density at radius 3 is 2.75 bits per heavy atom. The lowest BCUT2D eigenvalue weighted by Crippen LogP contribution is -2.17. The van der Waals surface area contributed by atoms with Crippen molar-refractivity contribution in [2.24, 2.45) is 12.2 Å². The Kier molecular flexibility index (Phi) is 3.47. The van der Waals surface area contributed by atoms with Crippen molar-refractivity contribution in [1.82, 2.24) is 9.78 Å². The maximum Gasteiger partial charge on any atom is 0.257 e. The van der Waals surface area contributed by atoms with Gasteiger partial charge in [0.15, 0.2) is 5.82 Å². The van der Waals surface area contributed by atoms with Gasteiger partial charge in [0, 0.05) is 18.8 Å². The number of hydrogen-bond acceptors (Lipinski definition) is 5. The molecule has 4 N–H and O–H groups in total. The van der Waals surface area contributed by atoms with E-state index in [1.54, 1.807) is 0 Å². The third-order valence-corrected chi connectivity index (χ3v) is 3.35. The molecule has 1 heterocycles. The van der Waals surface area contributed by atoms with E-state index in [2.05, 4.69) is 10.4 Å². The molecule has 0 aliphatic carbocycles. The zero-order chi connectivity index (χ0) is 14.9. The number of carbonyl (C=O) groups excluding carboxylic acids is 1. The average molecular weight is 296 g/mol. The number of hydrogen-bond donors (Lipinski definition) is 3. The highest BCUT2D eigenvalue weighted by Gasteiger charge is 2.20. The van der Waals surface area contributed by atoms with Crippen molar-refractivity contribution in [2.45, 2.75) is 4.90 Å². The first-order chi connectivity index (χ1) is 9.27. The van der Waals surface area contributed by atoms with Gasteiger partial charge in [0.25, 0.3) is 5.91 Å². The van der Waals surface area contributed by atoms with Gasteiger partial charge in [-0.2, -0.15) is 5.10 Å². The molecule has 1 amide bonds. The summed E-state index contributed by atoms with van der Waals surface area (Å²) in [5.41, 5.74) is 0.163. The minimum absolute atomic E-state index is 0.0784. The quantitative estimate of drug-likeness (QED) is 0.736. The summed E-state index contributed by atoms with van der Waals surface area (Å²) in [4.78, 5) is 11.7. The normalized spacial score (nSPS) is 11.3. The highest BCUT2D eigenvalue weighted by Crippen LogP contribution is 2.19. The zero-order valence-corrected chi connectivity index (χ0v) is 11.3. The second-order valence-electron chi connectivity index (χ2n) is 4.07. The molecule has 2 aromatic rings. The fraction of sp³-hybridized carbons (Fsp3) is 0.0909. The van der Waals surface area contributed by atoms with Crippen LogP contribution in [0.4, 0.5) is 5.82 Å². The van der Waals surface area contributed by atoms with E-state index in [-0.39, 0.29) is 22.0 Å². The first kappa shape index (κ1) is 14.0. The number of primary sulfonamides is 1. The van der Waals surface area contributed by atoms with Crippen LogP contribution in [0.5, 0.6) is 5.75 Å². The standard InChI is InChI=1S/C11H12N4O4S/c1-15-6-9(20(12,18)19)10(14-15)13-11(17)7-3-2-4-8(16)5-7/h2-6,16H,1H3,(H2,12,18,19)(H,13,14,17). The fourth-order valence-corrected chi connectivity index (χ4v) is 2.25. The van der Waals surface area contributed by atoms with Crippen molar-refractivity contribution in [1.29, 1.82) is 0 Å². The molecule has 8 nitrogen and oxygen atoms in total. The molecule has 2 rings (SSSR count). The van der Waals surface area contributed by atoms with E-state index in [9.17, 15) is 18.3 Å². The zero-order valence-electron chi connectivity index (χ0n) is 10.4. The number of rotatable bonds is 3. The van der Waals surface area contributed by atoms with Crippen molar-refractivity contribution in [3.05, 3.63) is 36.0 Å². The SMILES string of the molecule is Cn1cc(S(N)(=O)=O)c(NC(=O)c2cccc(O)c2)n1. The lowest BCUT2D eigenvalue weighted by Gasteiger charge is -2.04. The summed E-state index contributed by atoms with van der Waals surface area (Å²) in [6.07, 6.45) is 1.19. The predicted octanol–water partition coefficient (Wildman–Crippen LogP) is 0.0254. The molecule has 0 aliphatic rings. The highest BCUT2D eigenvalue weighted by atomic mass is 32.2. The summed E-state index contributed by atoms with van der Waals surface area (Å²) in [6.45, 7) is 0. The van der Waals surface area contributed by atoms with Crippen molar-refractivity contribution in [3.63, 3.8) is 0 Å². The number of nitrogens with two attached hydrogens (primary N) is 1. The van der Waals surface area contributed by atoms with E-state index >= 15 is 0 Å². The number of phenols is 1. The Hall–Kier alpha value is -2.39. The van der Waals surface area contributed by atoms with Crippen LogP contribution in [0.15, 0.2) is 35.4 Å². The highest BCUT2D eigenvalue weighted by molar-refractivity contribution is 7.89. The lowest BCUT2D eigenvalue weighted by atomic mass is 10.2. The number of amides is 1. The van der Waals surface area contributed by atoms with Crippen LogP contribution < -0.4 is 10.5 Å². The molecule has 1 aromatic carbocycles. The van der Waals surface area contributed by atoms with Crippen LogP contribution in [-0.4, -0.2) is 29.2 Å². The first-order valence-corrected chi connectivity index (χ1v) is 6.99. The summed E-state index contributed by atoms with van der Waals surface area (Å²) >= 11 is 0. The monoisotopic (exact) mass is 296 g/mol. The van der Waals surface area contributed by atoms with Gasteiger partial charge in [0.05, 0.1) is 0 Å². The van der Waals surface area contributed by atoms with Gasteiger partial charge in [0.1, 0.15) is 10.6 Å². The van der Waals surface area contributed by atoms with Crippen LogP contribution in [0, 0.1) is 0 Å². The topological polar surface area (TPSA) is 127 Å². The van der Waals surface area contributed by atoms with Gasteiger partial charge >= 0.3 is 0 Å². The smallest absolute Gasteiger partial charge is 0.257 e. The van der Waals surface area contributed by atoms with Crippen molar-refractivity contribution in [3.8, 4) is 5.75 Å². The molecule has 0 radical (unpaired) electrons. The summed E-state index contributed by atoms with van der Waals surface area (Å²) in [5, 5.41) is 20.5. The second-order valence-corrected chi connectivity index (χ2v) is 5.59. The van der Waals surface area contributed by atoms with Crippen LogP contribution >= 0.6 is 0 Å². The number of benzene rings is 1. The number of nitrogens with one attached hydrogen (secondary N) is 1. The van der Waals surface area contributed by atoms with E-state index in [0.717, 1.165) is 0 Å². The Labute approximate surface area is 114 Å². The lowest BCUT2D eigenvalue weighted by molar-refractivity contribution is 0.102. The van der Waals surface area contributed by atoms with Gasteiger partial charge in [-0.05, 0) is 18.2 Å². The Bertz CT molecular complexity index is 766. The number of aryl methyl sites for hydroxylation is 1. The van der Waals surface area contributed by atoms with Crippen molar-refractivity contribution in [2.75, 3.05) is 5.32 Å². The summed E-state index contributed by atoms with van der Waals surface area (Å²) in [5.74, 6) is -0.849. The number of sulfonamides is 1. The maximum absolute atomic E-state index is 11.9. The number of carbonyl (C=O) groups is 1. The number of aromatic nitrogens is 2. The molecule has 0 aliphatic heterocycles. The van der Waals surface area contributed by atoms with Gasteiger partial charge in [-0.15, -0.1) is 0 Å². The number of nitrogens with zero attached hydrogens (tertiary/aromatic N) is 2. The van der Waals surface area contributed by atoms with Gasteiger partial charge in [-0.25, -0.2) is 13.6 Å². The van der Waals surface area contributed by atoms with E-state index in [4.69, 9.17) is 5.14 Å². The third-order valence-electron chi connectivity index (χ3n) is 2.44. The summed E-state index contributed by atoms with van der Waals surface area (Å²) in [6, 6.07) is 5.61. The van der Waals surface area contributed by atoms with Gasteiger partial charge in [-0.3, -0.25) is 9.48 Å².